The van der Waals surface area contributed by atoms with Gasteiger partial charge in [0.25, 0.3) is 0 Å². The van der Waals surface area contributed by atoms with Crippen LogP contribution >= 0.6 is 24.0 Å². The molecule has 3 N–H and O–H groups in total. The summed E-state index contributed by atoms with van der Waals surface area (Å²) in [5.74, 6) is 0.442. The molecule has 124 valence electrons. The summed E-state index contributed by atoms with van der Waals surface area (Å²) in [5.41, 5.74) is 7.40. The van der Waals surface area contributed by atoms with Crippen molar-refractivity contribution in [2.75, 3.05) is 17.7 Å². The molecular formula is C16H19Cl2N3O2. The number of pyridine rings is 1. The second-order valence-corrected chi connectivity index (χ2v) is 5.21. The molecule has 0 aliphatic heterocycles. The third-order valence-electron chi connectivity index (χ3n) is 2.87. The molecule has 23 heavy (non-hydrogen) atoms. The Bertz CT molecular complexity index is 648. The highest BCUT2D eigenvalue weighted by molar-refractivity contribution is 6.32. The molecule has 2 aromatic rings. The lowest BCUT2D eigenvalue weighted by molar-refractivity contribution is -0.115. The largest absolute Gasteiger partial charge is 0.492 e. The van der Waals surface area contributed by atoms with Gasteiger partial charge in [-0.05, 0) is 36.8 Å². The van der Waals surface area contributed by atoms with Crippen LogP contribution in [-0.4, -0.2) is 17.5 Å². The third-order valence-corrected chi connectivity index (χ3v) is 3.16. The summed E-state index contributed by atoms with van der Waals surface area (Å²) in [4.78, 5) is 16.1. The Balaban J connectivity index is 0.00000264. The first-order valence-electron chi connectivity index (χ1n) is 7.01. The van der Waals surface area contributed by atoms with E-state index in [0.717, 1.165) is 6.42 Å². The minimum Gasteiger partial charge on any atom is -0.492 e. The van der Waals surface area contributed by atoms with E-state index in [9.17, 15) is 4.79 Å². The van der Waals surface area contributed by atoms with Crippen molar-refractivity contribution in [2.45, 2.75) is 19.8 Å². The number of ether oxygens (including phenoxy) is 1. The molecule has 1 aromatic carbocycles. The van der Waals surface area contributed by atoms with E-state index in [1.54, 1.807) is 30.3 Å². The third kappa shape index (κ3) is 5.96. The number of nitrogens with one attached hydrogen (secondary N) is 1. The number of nitrogens with zero attached hydrogens (tertiary/aromatic N) is 1. The van der Waals surface area contributed by atoms with E-state index in [1.807, 2.05) is 6.92 Å². The molecule has 0 aliphatic carbocycles. The van der Waals surface area contributed by atoms with E-state index >= 15 is 0 Å². The van der Waals surface area contributed by atoms with Crippen LogP contribution in [0.5, 0.6) is 5.75 Å². The van der Waals surface area contributed by atoms with Crippen LogP contribution in [0.1, 0.15) is 19.0 Å². The average molecular weight is 356 g/mol. The van der Waals surface area contributed by atoms with Gasteiger partial charge in [-0.15, -0.1) is 12.4 Å². The van der Waals surface area contributed by atoms with E-state index in [4.69, 9.17) is 22.1 Å². The monoisotopic (exact) mass is 355 g/mol. The number of halogens is 2. The van der Waals surface area contributed by atoms with Crippen molar-refractivity contribution in [1.82, 2.24) is 4.98 Å². The van der Waals surface area contributed by atoms with Crippen LogP contribution in [0.25, 0.3) is 0 Å². The van der Waals surface area contributed by atoms with Crippen LogP contribution in [0.3, 0.4) is 0 Å². The Morgan fingerprint density at radius 3 is 2.74 bits per heavy atom. The zero-order valence-electron chi connectivity index (χ0n) is 12.7. The second kappa shape index (κ2) is 9.22. The summed E-state index contributed by atoms with van der Waals surface area (Å²) in [7, 11) is 0. The zero-order chi connectivity index (χ0) is 15.9. The van der Waals surface area contributed by atoms with Gasteiger partial charge in [0.15, 0.2) is 0 Å². The van der Waals surface area contributed by atoms with Gasteiger partial charge >= 0.3 is 0 Å². The van der Waals surface area contributed by atoms with Gasteiger partial charge in [-0.3, -0.25) is 9.78 Å². The summed E-state index contributed by atoms with van der Waals surface area (Å²) < 4.78 is 5.49. The number of rotatable bonds is 6. The van der Waals surface area contributed by atoms with Crippen molar-refractivity contribution in [1.29, 1.82) is 0 Å². The molecule has 0 aliphatic rings. The molecule has 5 nitrogen and oxygen atoms in total. The fourth-order valence-corrected chi connectivity index (χ4v) is 2.05. The molecule has 0 saturated heterocycles. The number of benzene rings is 1. The summed E-state index contributed by atoms with van der Waals surface area (Å²) in [6.45, 7) is 2.63. The van der Waals surface area contributed by atoms with Crippen LogP contribution in [-0.2, 0) is 11.2 Å². The molecule has 0 saturated carbocycles. The predicted molar refractivity (Wildman–Crippen MR) is 95.5 cm³/mol. The summed E-state index contributed by atoms with van der Waals surface area (Å²) in [6, 6.07) is 8.61. The number of hydrogen-bond acceptors (Lipinski definition) is 4. The number of carbonyl (C=O) groups excluding carboxylic acids is 1. The van der Waals surface area contributed by atoms with E-state index in [0.29, 0.717) is 34.4 Å². The zero-order valence-corrected chi connectivity index (χ0v) is 14.3. The average Bonchev–Trinajstić information content (AvgIpc) is 2.49. The fraction of sp³-hybridized carbons (Fsp3) is 0.250. The lowest BCUT2D eigenvalue weighted by Crippen LogP contribution is -2.15. The maximum absolute atomic E-state index is 12.0. The summed E-state index contributed by atoms with van der Waals surface area (Å²) >= 11 is 6.12. The van der Waals surface area contributed by atoms with Crippen LogP contribution < -0.4 is 15.8 Å². The topological polar surface area (TPSA) is 77.2 Å². The van der Waals surface area contributed by atoms with E-state index in [1.165, 1.54) is 6.20 Å². The van der Waals surface area contributed by atoms with Crippen molar-refractivity contribution in [3.05, 3.63) is 47.2 Å². The molecule has 1 heterocycles. The Hall–Kier alpha value is -1.98. The number of nitrogen functional groups attached to an aromatic ring is 1. The quantitative estimate of drug-likeness (QED) is 0.827. The molecule has 0 fully saturated rings. The van der Waals surface area contributed by atoms with Gasteiger partial charge in [0.2, 0.25) is 5.91 Å². The molecular weight excluding hydrogens is 337 g/mol. The van der Waals surface area contributed by atoms with E-state index in [-0.39, 0.29) is 24.7 Å². The van der Waals surface area contributed by atoms with E-state index in [2.05, 4.69) is 10.3 Å². The van der Waals surface area contributed by atoms with Gasteiger partial charge in [-0.2, -0.15) is 0 Å². The Labute approximate surface area is 146 Å². The van der Waals surface area contributed by atoms with Gasteiger partial charge in [0.1, 0.15) is 5.75 Å². The Morgan fingerprint density at radius 2 is 2.13 bits per heavy atom. The van der Waals surface area contributed by atoms with Gasteiger partial charge in [0, 0.05) is 11.4 Å². The van der Waals surface area contributed by atoms with Gasteiger partial charge < -0.3 is 15.8 Å². The first-order valence-corrected chi connectivity index (χ1v) is 7.39. The first kappa shape index (κ1) is 19.1. The highest BCUT2D eigenvalue weighted by Gasteiger charge is 2.08. The molecule has 0 radical (unpaired) electrons. The predicted octanol–water partition coefficient (Wildman–Crippen LogP) is 3.71. The van der Waals surface area contributed by atoms with Crippen molar-refractivity contribution in [3.63, 3.8) is 0 Å². The first-order chi connectivity index (χ1) is 10.6. The number of amides is 1. The highest BCUT2D eigenvalue weighted by atomic mass is 35.5. The van der Waals surface area contributed by atoms with Crippen molar-refractivity contribution < 1.29 is 9.53 Å². The molecule has 0 spiro atoms. The SMILES string of the molecule is CCCOc1ccc(NC(=O)Cc2ccc(N)cn2)cc1Cl.Cl. The van der Waals surface area contributed by atoms with Crippen molar-refractivity contribution in [3.8, 4) is 5.75 Å². The molecule has 1 amide bonds. The maximum Gasteiger partial charge on any atom is 0.230 e. The standard InChI is InChI=1S/C16H18ClN3O2.ClH/c1-2-7-22-15-6-5-13(8-14(15)17)20-16(21)9-12-4-3-11(18)10-19-12;/h3-6,8,10H,2,7,9,18H2,1H3,(H,20,21);1H. The normalized spacial score (nSPS) is 9.83. The minimum absolute atomic E-state index is 0. The number of hydrogen-bond donors (Lipinski definition) is 2. The van der Waals surface area contributed by atoms with Gasteiger partial charge in [-0.1, -0.05) is 18.5 Å². The molecule has 7 heteroatoms. The number of nitrogens with two attached hydrogens (primary N) is 1. The Morgan fingerprint density at radius 1 is 1.35 bits per heavy atom. The molecule has 1 aromatic heterocycles. The van der Waals surface area contributed by atoms with Crippen LogP contribution in [0.2, 0.25) is 5.02 Å². The van der Waals surface area contributed by atoms with E-state index < -0.39 is 0 Å². The molecule has 0 atom stereocenters. The lowest BCUT2D eigenvalue weighted by Gasteiger charge is -2.09. The fourth-order valence-electron chi connectivity index (χ4n) is 1.82. The van der Waals surface area contributed by atoms with Crippen LogP contribution in [0.15, 0.2) is 36.5 Å². The number of anilines is 2. The summed E-state index contributed by atoms with van der Waals surface area (Å²) in [5, 5.41) is 3.25. The Kier molecular flexibility index (Phi) is 7.65. The summed E-state index contributed by atoms with van der Waals surface area (Å²) in [6.07, 6.45) is 2.61. The second-order valence-electron chi connectivity index (χ2n) is 4.80. The van der Waals surface area contributed by atoms with Gasteiger partial charge in [-0.25, -0.2) is 0 Å². The molecule has 2 rings (SSSR count). The number of carbonyl (C=O) groups is 1. The number of aromatic nitrogens is 1. The van der Waals surface area contributed by atoms with Crippen molar-refractivity contribution in [2.24, 2.45) is 0 Å². The molecule has 0 unspecified atom stereocenters. The molecule has 0 bridgehead atoms. The lowest BCUT2D eigenvalue weighted by atomic mass is 10.2. The maximum atomic E-state index is 12.0. The highest BCUT2D eigenvalue weighted by Crippen LogP contribution is 2.27. The smallest absolute Gasteiger partial charge is 0.230 e. The van der Waals surface area contributed by atoms with Crippen LogP contribution in [0, 0.1) is 0 Å². The minimum atomic E-state index is -0.171. The van der Waals surface area contributed by atoms with Gasteiger partial charge in [0.05, 0.1) is 29.9 Å². The van der Waals surface area contributed by atoms with Crippen LogP contribution in [0.4, 0.5) is 11.4 Å². The van der Waals surface area contributed by atoms with Crippen molar-refractivity contribution >= 4 is 41.3 Å².